The third kappa shape index (κ3) is 16.3. The maximum Gasteiger partial charge on any atom is 0.145 e. The molecule has 4 heterocycles. The molecule has 21 aromatic carbocycles. The summed E-state index contributed by atoms with van der Waals surface area (Å²) in [6.07, 6.45) is 0. The van der Waals surface area contributed by atoms with Gasteiger partial charge in [-0.05, 0) is 216 Å². The first-order chi connectivity index (χ1) is 64.4. The van der Waals surface area contributed by atoms with Gasteiger partial charge in [0, 0.05) is 87.0 Å². The lowest BCUT2D eigenvalue weighted by Gasteiger charge is -2.12. The number of benzene rings is 21. The molecule has 0 saturated heterocycles. The molecule has 0 saturated carbocycles. The van der Waals surface area contributed by atoms with E-state index in [2.05, 4.69) is 422 Å². The second-order valence-corrected chi connectivity index (χ2v) is 33.6. The minimum atomic E-state index is 0.880. The number of anilines is 8. The average Bonchev–Trinajstić information content (AvgIpc) is 1.64. The normalized spacial score (nSPS) is 11.2. The number of para-hydroxylation sites is 5. The highest BCUT2D eigenvalue weighted by molar-refractivity contribution is 7.26. The number of thiophene rings is 1. The molecule has 0 atom stereocenters. The molecule has 0 aliphatic rings. The third-order valence-electron chi connectivity index (χ3n) is 24.2. The standard InChI is InChI=1S/2C34H23NO.C30H21NS.C24H17NO/c1-2-11-27(12-3-1)35-31-21-26(22-33-34(31)30-14-6-7-16-32(30)36-33)23-17-19-25(20-18-23)29-15-8-10-24-9-4-5-13-28(24)29;1-2-8-23(9-3-1)25-16-18-28(19-17-25)35-31-21-20-29(27-15-14-24-10-4-5-11-26(24)22-27)34-33(31)30-12-6-7-13-32(30)36-34;1-3-9-21(10-4-1)23-15-17-25(18-16-23)31-27-19-24(22-11-5-2-6-12-22)20-29-30(27)26-13-7-8-14-28(26)32-29;1-3-9-17(10-4-1)21-15-19(25-18-11-5-2-6-12-18)16-22-20-13-7-8-14-23(20)26-24(21)22/h2*1-22,35H;1-20,31H;1-16,25H. The second-order valence-electron chi connectivity index (χ2n) is 32.5. The zero-order chi connectivity index (χ0) is 86.5. The van der Waals surface area contributed by atoms with Crippen molar-refractivity contribution < 1.29 is 13.3 Å². The number of rotatable bonds is 15. The molecule has 8 heteroatoms. The molecule has 7 nitrogen and oxygen atoms in total. The van der Waals surface area contributed by atoms with E-state index in [0.29, 0.717) is 0 Å². The van der Waals surface area contributed by atoms with Crippen molar-refractivity contribution in [1.82, 2.24) is 0 Å². The number of fused-ring (bicyclic) bond motifs is 14. The molecule has 0 spiro atoms. The summed E-state index contributed by atoms with van der Waals surface area (Å²) in [7, 11) is 0. The fraction of sp³-hybridized carbons (Fsp3) is 0. The van der Waals surface area contributed by atoms with Gasteiger partial charge in [-0.25, -0.2) is 0 Å². The van der Waals surface area contributed by atoms with Crippen LogP contribution in [-0.4, -0.2) is 0 Å². The van der Waals surface area contributed by atoms with Crippen LogP contribution in [0.3, 0.4) is 0 Å². The Labute approximate surface area is 756 Å². The Balaban J connectivity index is 0.000000102. The summed E-state index contributed by atoms with van der Waals surface area (Å²) in [5.41, 5.74) is 30.5. The van der Waals surface area contributed by atoms with E-state index in [1.54, 1.807) is 0 Å². The molecular weight excluding hydrogens is 1600 g/mol. The van der Waals surface area contributed by atoms with Crippen LogP contribution in [0.25, 0.3) is 185 Å². The Kier molecular flexibility index (Phi) is 21.6. The predicted octanol–water partition coefficient (Wildman–Crippen LogP) is 35.8. The zero-order valence-corrected chi connectivity index (χ0v) is 71.6. The molecule has 0 unspecified atom stereocenters. The Morgan fingerprint density at radius 2 is 0.577 bits per heavy atom. The Morgan fingerprint density at radius 1 is 0.162 bits per heavy atom. The molecule has 0 amide bonds. The van der Waals surface area contributed by atoms with Crippen LogP contribution >= 0.6 is 11.3 Å². The lowest BCUT2D eigenvalue weighted by Crippen LogP contribution is -1.92. The summed E-state index contributed by atoms with van der Waals surface area (Å²) in [5.74, 6) is 0. The maximum absolute atomic E-state index is 6.47. The van der Waals surface area contributed by atoms with Crippen molar-refractivity contribution >= 4 is 164 Å². The van der Waals surface area contributed by atoms with Gasteiger partial charge in [-0.15, -0.1) is 11.3 Å². The van der Waals surface area contributed by atoms with E-state index in [1.165, 1.54) is 86.2 Å². The van der Waals surface area contributed by atoms with Crippen molar-refractivity contribution in [3.63, 3.8) is 0 Å². The summed E-state index contributed by atoms with van der Waals surface area (Å²) in [5, 5.41) is 28.8. The van der Waals surface area contributed by atoms with Crippen molar-refractivity contribution in [2.24, 2.45) is 0 Å². The molecule has 0 aliphatic heterocycles. The van der Waals surface area contributed by atoms with E-state index in [4.69, 9.17) is 13.3 Å². The first kappa shape index (κ1) is 78.9. The fourth-order valence-corrected chi connectivity index (χ4v) is 19.0. The third-order valence-corrected chi connectivity index (χ3v) is 25.3. The molecule has 130 heavy (non-hydrogen) atoms. The van der Waals surface area contributed by atoms with Gasteiger partial charge in [0.15, 0.2) is 0 Å². The van der Waals surface area contributed by atoms with Gasteiger partial charge in [-0.2, -0.15) is 0 Å². The average molecular weight is 1690 g/mol. The minimum absolute atomic E-state index is 0.880. The molecule has 25 rings (SSSR count). The fourth-order valence-electron chi connectivity index (χ4n) is 17.9. The molecule has 25 aromatic rings. The summed E-state index contributed by atoms with van der Waals surface area (Å²) in [6.45, 7) is 0. The van der Waals surface area contributed by atoms with Gasteiger partial charge in [0.25, 0.3) is 0 Å². The van der Waals surface area contributed by atoms with Crippen molar-refractivity contribution in [3.05, 3.63) is 485 Å². The summed E-state index contributed by atoms with van der Waals surface area (Å²) in [4.78, 5) is 0. The Bertz CT molecular complexity index is 8360. The number of furan rings is 3. The van der Waals surface area contributed by atoms with Crippen LogP contribution in [0.15, 0.2) is 499 Å². The van der Waals surface area contributed by atoms with Gasteiger partial charge in [-0.1, -0.05) is 358 Å². The van der Waals surface area contributed by atoms with E-state index in [1.807, 2.05) is 96.3 Å². The Hall–Kier alpha value is -17.0. The molecule has 4 aromatic heterocycles. The van der Waals surface area contributed by atoms with Crippen molar-refractivity contribution in [2.75, 3.05) is 21.3 Å². The van der Waals surface area contributed by atoms with Crippen LogP contribution in [0, 0.1) is 0 Å². The quantitative estimate of drug-likeness (QED) is 0.0813. The van der Waals surface area contributed by atoms with Crippen LogP contribution in [0.4, 0.5) is 45.5 Å². The number of hydrogen-bond acceptors (Lipinski definition) is 8. The van der Waals surface area contributed by atoms with Crippen molar-refractivity contribution in [1.29, 1.82) is 0 Å². The summed E-state index contributed by atoms with van der Waals surface area (Å²) in [6, 6.07) is 170. The van der Waals surface area contributed by atoms with Crippen LogP contribution in [-0.2, 0) is 0 Å². The van der Waals surface area contributed by atoms with E-state index in [-0.39, 0.29) is 0 Å². The van der Waals surface area contributed by atoms with Crippen molar-refractivity contribution in [3.8, 4) is 77.9 Å². The largest absolute Gasteiger partial charge is 0.456 e. The highest BCUT2D eigenvalue weighted by Crippen LogP contribution is 2.47. The molecule has 0 aliphatic carbocycles. The van der Waals surface area contributed by atoms with Crippen LogP contribution < -0.4 is 21.3 Å². The van der Waals surface area contributed by atoms with Crippen molar-refractivity contribution in [2.45, 2.75) is 0 Å². The molecule has 616 valence electrons. The molecule has 0 fully saturated rings. The van der Waals surface area contributed by atoms with Gasteiger partial charge in [0.05, 0.1) is 22.1 Å². The van der Waals surface area contributed by atoms with Crippen LogP contribution in [0.1, 0.15) is 0 Å². The monoisotopic (exact) mass is 1680 g/mol. The molecular formula is C122H84N4O3S. The minimum Gasteiger partial charge on any atom is -0.456 e. The summed E-state index contributed by atoms with van der Waals surface area (Å²) >= 11 is 1.85. The first-order valence-electron chi connectivity index (χ1n) is 43.9. The van der Waals surface area contributed by atoms with Gasteiger partial charge < -0.3 is 34.5 Å². The van der Waals surface area contributed by atoms with E-state index >= 15 is 0 Å². The van der Waals surface area contributed by atoms with Gasteiger partial charge in [0.1, 0.15) is 33.5 Å². The lowest BCUT2D eigenvalue weighted by atomic mass is 9.95. The Morgan fingerprint density at radius 3 is 1.21 bits per heavy atom. The topological polar surface area (TPSA) is 87.5 Å². The molecule has 0 radical (unpaired) electrons. The molecule has 4 N–H and O–H groups in total. The van der Waals surface area contributed by atoms with E-state index in [0.717, 1.165) is 145 Å². The van der Waals surface area contributed by atoms with E-state index < -0.39 is 0 Å². The zero-order valence-electron chi connectivity index (χ0n) is 70.8. The lowest BCUT2D eigenvalue weighted by molar-refractivity contribution is 0.669. The highest BCUT2D eigenvalue weighted by atomic mass is 32.1. The first-order valence-corrected chi connectivity index (χ1v) is 44.7. The highest BCUT2D eigenvalue weighted by Gasteiger charge is 2.21. The van der Waals surface area contributed by atoms with Gasteiger partial charge >= 0.3 is 0 Å². The van der Waals surface area contributed by atoms with Crippen LogP contribution in [0.5, 0.6) is 0 Å². The summed E-state index contributed by atoms with van der Waals surface area (Å²) < 4.78 is 21.6. The second kappa shape index (κ2) is 35.5. The van der Waals surface area contributed by atoms with E-state index in [9.17, 15) is 0 Å². The number of hydrogen-bond donors (Lipinski definition) is 4. The van der Waals surface area contributed by atoms with Crippen LogP contribution in [0.2, 0.25) is 0 Å². The maximum atomic E-state index is 6.47. The van der Waals surface area contributed by atoms with Gasteiger partial charge in [0.2, 0.25) is 0 Å². The molecule has 0 bridgehead atoms. The smallest absolute Gasteiger partial charge is 0.145 e. The predicted molar refractivity (Wildman–Crippen MR) is 552 cm³/mol. The number of nitrogens with one attached hydrogen (secondary N) is 4. The van der Waals surface area contributed by atoms with Gasteiger partial charge in [-0.3, -0.25) is 0 Å². The SMILES string of the molecule is c1ccc(-c2ccc(Nc3cc(-c4ccccc4)cc4sc5ccccc5c34)cc2)cc1.c1ccc(-c2ccc(Nc3ccc(-c4ccc5ccccc5c4)c4oc5ccccc5c34)cc2)cc1.c1ccc(Nc2cc(-c3ccc(-c4cccc5ccccc45)cc3)cc3oc4ccccc4c23)cc1.c1ccc(Nc2cc(-c3ccccc3)c3oc4ccccc4c3c2)cc1.